The fourth-order valence-electron chi connectivity index (χ4n) is 3.67. The maximum atomic E-state index is 13.1. The molecule has 0 aliphatic carbocycles. The Morgan fingerprint density at radius 1 is 1.07 bits per heavy atom. The van der Waals surface area contributed by atoms with Crippen LogP contribution in [0.25, 0.3) is 0 Å². The Morgan fingerprint density at radius 2 is 1.82 bits per heavy atom. The molecule has 1 amide bonds. The van der Waals surface area contributed by atoms with Crippen LogP contribution in [-0.4, -0.2) is 47.5 Å². The van der Waals surface area contributed by atoms with Gasteiger partial charge in [0.05, 0.1) is 0 Å². The Bertz CT molecular complexity index is 793. The third-order valence-electron chi connectivity index (χ3n) is 5.40. The summed E-state index contributed by atoms with van der Waals surface area (Å²) in [4.78, 5) is 17.0. The lowest BCUT2D eigenvalue weighted by molar-refractivity contribution is -0.139. The standard InChI is InChI=1S/C23H29FN2O2/c1-4-19-6-5-7-22(12-19)28-16-23(27)26-14-17(2)25(13-18(26)3)15-20-8-10-21(24)11-9-20/h5-12,17-18H,4,13-16H2,1-3H3/t17-,18+/m0/s1. The number of hydrogen-bond donors (Lipinski definition) is 0. The fourth-order valence-corrected chi connectivity index (χ4v) is 3.67. The highest BCUT2D eigenvalue weighted by Crippen LogP contribution is 2.19. The molecule has 0 spiro atoms. The lowest BCUT2D eigenvalue weighted by Gasteiger charge is -2.44. The van der Waals surface area contributed by atoms with Crippen molar-refractivity contribution < 1.29 is 13.9 Å². The topological polar surface area (TPSA) is 32.8 Å². The van der Waals surface area contributed by atoms with Gasteiger partial charge in [-0.25, -0.2) is 4.39 Å². The molecule has 2 aromatic carbocycles. The van der Waals surface area contributed by atoms with Gasteiger partial charge < -0.3 is 9.64 Å². The zero-order chi connectivity index (χ0) is 20.1. The molecule has 2 aromatic rings. The van der Waals surface area contributed by atoms with E-state index in [1.807, 2.05) is 35.2 Å². The van der Waals surface area contributed by atoms with Gasteiger partial charge in [-0.05, 0) is 55.7 Å². The van der Waals surface area contributed by atoms with Crippen LogP contribution < -0.4 is 4.74 Å². The van der Waals surface area contributed by atoms with Gasteiger partial charge in [-0.1, -0.05) is 31.2 Å². The van der Waals surface area contributed by atoms with Crippen molar-refractivity contribution in [2.75, 3.05) is 19.7 Å². The van der Waals surface area contributed by atoms with E-state index in [4.69, 9.17) is 4.74 Å². The summed E-state index contributed by atoms with van der Waals surface area (Å²) in [5, 5.41) is 0. The van der Waals surface area contributed by atoms with Crippen LogP contribution in [0.4, 0.5) is 4.39 Å². The Kier molecular flexibility index (Phi) is 6.68. The van der Waals surface area contributed by atoms with Gasteiger partial charge >= 0.3 is 0 Å². The van der Waals surface area contributed by atoms with E-state index in [1.54, 1.807) is 0 Å². The summed E-state index contributed by atoms with van der Waals surface area (Å²) in [7, 11) is 0. The van der Waals surface area contributed by atoms with Crippen molar-refractivity contribution in [1.82, 2.24) is 9.80 Å². The zero-order valence-corrected chi connectivity index (χ0v) is 16.9. The van der Waals surface area contributed by atoms with Crippen LogP contribution in [0.15, 0.2) is 48.5 Å². The van der Waals surface area contributed by atoms with Crippen LogP contribution in [0, 0.1) is 5.82 Å². The number of carbonyl (C=O) groups is 1. The van der Waals surface area contributed by atoms with Crippen molar-refractivity contribution >= 4 is 5.91 Å². The first-order valence-corrected chi connectivity index (χ1v) is 9.96. The Hall–Kier alpha value is -2.40. The summed E-state index contributed by atoms with van der Waals surface area (Å²) >= 11 is 0. The van der Waals surface area contributed by atoms with Crippen molar-refractivity contribution in [1.29, 1.82) is 0 Å². The molecule has 28 heavy (non-hydrogen) atoms. The van der Waals surface area contributed by atoms with Gasteiger partial charge in [0.25, 0.3) is 5.91 Å². The molecule has 4 nitrogen and oxygen atoms in total. The van der Waals surface area contributed by atoms with E-state index in [9.17, 15) is 9.18 Å². The number of piperazine rings is 1. The molecule has 3 rings (SSSR count). The van der Waals surface area contributed by atoms with Crippen LogP contribution in [0.2, 0.25) is 0 Å². The Balaban J connectivity index is 1.55. The normalized spacial score (nSPS) is 20.2. The molecule has 1 aliphatic heterocycles. The monoisotopic (exact) mass is 384 g/mol. The number of benzene rings is 2. The lowest BCUT2D eigenvalue weighted by atomic mass is 10.1. The molecule has 5 heteroatoms. The van der Waals surface area contributed by atoms with Gasteiger partial charge in [-0.3, -0.25) is 9.69 Å². The van der Waals surface area contributed by atoms with Crippen molar-refractivity contribution in [3.63, 3.8) is 0 Å². The second-order valence-corrected chi connectivity index (χ2v) is 7.59. The van der Waals surface area contributed by atoms with Crippen molar-refractivity contribution in [3.8, 4) is 5.75 Å². The maximum absolute atomic E-state index is 13.1. The van der Waals surface area contributed by atoms with E-state index in [2.05, 4.69) is 31.7 Å². The third kappa shape index (κ3) is 5.10. The minimum Gasteiger partial charge on any atom is -0.484 e. The molecule has 1 saturated heterocycles. The highest BCUT2D eigenvalue weighted by molar-refractivity contribution is 5.78. The van der Waals surface area contributed by atoms with Gasteiger partial charge in [-0.2, -0.15) is 0 Å². The summed E-state index contributed by atoms with van der Waals surface area (Å²) in [6.07, 6.45) is 0.940. The number of halogens is 1. The van der Waals surface area contributed by atoms with Gasteiger partial charge in [-0.15, -0.1) is 0 Å². The van der Waals surface area contributed by atoms with Gasteiger partial charge in [0.15, 0.2) is 6.61 Å². The predicted molar refractivity (Wildman–Crippen MR) is 109 cm³/mol. The SMILES string of the molecule is CCc1cccc(OCC(=O)N2C[C@H](C)N(Cc3ccc(F)cc3)C[C@H]2C)c1. The van der Waals surface area contributed by atoms with E-state index in [1.165, 1.54) is 17.7 Å². The Labute approximate surface area is 166 Å². The number of rotatable bonds is 6. The van der Waals surface area contributed by atoms with E-state index < -0.39 is 0 Å². The number of hydrogen-bond acceptors (Lipinski definition) is 3. The summed E-state index contributed by atoms with van der Waals surface area (Å²) in [6, 6.07) is 14.9. The first kappa shape index (κ1) is 20.3. The summed E-state index contributed by atoms with van der Waals surface area (Å²) in [6.45, 7) is 8.56. The molecule has 0 radical (unpaired) electrons. The molecular weight excluding hydrogens is 355 g/mol. The first-order chi connectivity index (χ1) is 13.5. The quantitative estimate of drug-likeness (QED) is 0.758. The Morgan fingerprint density at radius 3 is 2.54 bits per heavy atom. The molecule has 0 unspecified atom stereocenters. The highest BCUT2D eigenvalue weighted by atomic mass is 19.1. The molecule has 0 saturated carbocycles. The second kappa shape index (κ2) is 9.20. The van der Waals surface area contributed by atoms with Gasteiger partial charge in [0.1, 0.15) is 11.6 Å². The third-order valence-corrected chi connectivity index (χ3v) is 5.40. The minimum absolute atomic E-state index is 0.0164. The summed E-state index contributed by atoms with van der Waals surface area (Å²) in [5.41, 5.74) is 2.28. The molecule has 0 N–H and O–H groups in total. The lowest BCUT2D eigenvalue weighted by Crippen LogP contribution is -2.58. The zero-order valence-electron chi connectivity index (χ0n) is 16.9. The van der Waals surface area contributed by atoms with E-state index >= 15 is 0 Å². The average Bonchev–Trinajstić information content (AvgIpc) is 2.70. The number of aryl methyl sites for hydroxylation is 1. The smallest absolute Gasteiger partial charge is 0.260 e. The molecule has 150 valence electrons. The van der Waals surface area contributed by atoms with Gasteiger partial charge in [0.2, 0.25) is 0 Å². The number of nitrogens with zero attached hydrogens (tertiary/aromatic N) is 2. The van der Waals surface area contributed by atoms with E-state index in [-0.39, 0.29) is 30.4 Å². The molecular formula is C23H29FN2O2. The molecule has 1 heterocycles. The summed E-state index contributed by atoms with van der Waals surface area (Å²) in [5.74, 6) is 0.538. The number of carbonyl (C=O) groups excluding carboxylic acids is 1. The van der Waals surface area contributed by atoms with Crippen LogP contribution in [0.3, 0.4) is 0 Å². The minimum atomic E-state index is -0.218. The number of ether oxygens (including phenoxy) is 1. The van der Waals surface area contributed by atoms with Crippen LogP contribution in [-0.2, 0) is 17.8 Å². The second-order valence-electron chi connectivity index (χ2n) is 7.59. The van der Waals surface area contributed by atoms with Crippen molar-refractivity contribution in [2.45, 2.75) is 45.8 Å². The van der Waals surface area contributed by atoms with Crippen LogP contribution in [0.5, 0.6) is 5.75 Å². The first-order valence-electron chi connectivity index (χ1n) is 9.96. The van der Waals surface area contributed by atoms with E-state index in [0.29, 0.717) is 6.54 Å². The molecule has 1 aliphatic rings. The van der Waals surface area contributed by atoms with Crippen LogP contribution >= 0.6 is 0 Å². The van der Waals surface area contributed by atoms with Crippen molar-refractivity contribution in [3.05, 3.63) is 65.5 Å². The molecule has 0 aromatic heterocycles. The summed E-state index contributed by atoms with van der Waals surface area (Å²) < 4.78 is 18.9. The van der Waals surface area contributed by atoms with Crippen LogP contribution in [0.1, 0.15) is 31.9 Å². The van der Waals surface area contributed by atoms with E-state index in [0.717, 1.165) is 30.8 Å². The predicted octanol–water partition coefficient (Wildman–Crippen LogP) is 3.89. The fraction of sp³-hybridized carbons (Fsp3) is 0.435. The molecule has 1 fully saturated rings. The largest absolute Gasteiger partial charge is 0.484 e. The highest BCUT2D eigenvalue weighted by Gasteiger charge is 2.32. The van der Waals surface area contributed by atoms with Gasteiger partial charge in [0, 0.05) is 31.7 Å². The maximum Gasteiger partial charge on any atom is 0.260 e. The molecule has 0 bridgehead atoms. The number of amides is 1. The average molecular weight is 384 g/mol. The molecule has 2 atom stereocenters. The van der Waals surface area contributed by atoms with Crippen molar-refractivity contribution in [2.24, 2.45) is 0 Å².